The lowest BCUT2D eigenvalue weighted by atomic mass is 10.00. The van der Waals surface area contributed by atoms with Crippen LogP contribution < -0.4 is 9.64 Å². The molecule has 0 bridgehead atoms. The van der Waals surface area contributed by atoms with Crippen LogP contribution in [0.3, 0.4) is 0 Å². The van der Waals surface area contributed by atoms with E-state index in [0.717, 1.165) is 48.4 Å². The molecule has 0 saturated carbocycles. The number of fused-ring (bicyclic) bond motifs is 1. The third-order valence-electron chi connectivity index (χ3n) is 7.08. The molecule has 38 heavy (non-hydrogen) atoms. The number of pyridine rings is 1. The Bertz CT molecular complexity index is 1530. The molecule has 0 unspecified atom stereocenters. The minimum atomic E-state index is -0.109. The predicted octanol–water partition coefficient (Wildman–Crippen LogP) is 5.36. The van der Waals surface area contributed by atoms with Crippen molar-refractivity contribution in [1.82, 2.24) is 9.88 Å². The van der Waals surface area contributed by atoms with Gasteiger partial charge in [0.05, 0.1) is 23.9 Å². The number of anilines is 1. The van der Waals surface area contributed by atoms with Crippen LogP contribution in [0.5, 0.6) is 5.75 Å². The molecule has 0 radical (unpaired) electrons. The molecule has 1 saturated heterocycles. The standard InChI is InChI=1S/C30H30N4O4/c1-33(2)30(35)20-5-7-24(27(16-20)36-4)28-17-25-29(38-28)23(9-12-32-25)19-6-8-26(21(15-19)18-31)34(3)22-10-13-37-14-11-22/h5-9,12,15-17,22H,10-11,13-14H2,1-4H3. The molecule has 0 aliphatic carbocycles. The molecule has 1 amide bonds. The Morgan fingerprint density at radius 3 is 2.55 bits per heavy atom. The van der Waals surface area contributed by atoms with Crippen LogP contribution >= 0.6 is 0 Å². The van der Waals surface area contributed by atoms with Gasteiger partial charge in [0.15, 0.2) is 5.58 Å². The van der Waals surface area contributed by atoms with Gasteiger partial charge in [0.1, 0.15) is 23.1 Å². The zero-order valence-electron chi connectivity index (χ0n) is 22.0. The van der Waals surface area contributed by atoms with Gasteiger partial charge in [0.25, 0.3) is 5.91 Å². The molecule has 2 aromatic heterocycles. The van der Waals surface area contributed by atoms with Crippen molar-refractivity contribution in [3.05, 3.63) is 65.9 Å². The summed E-state index contributed by atoms with van der Waals surface area (Å²) in [5.74, 6) is 1.00. The summed E-state index contributed by atoms with van der Waals surface area (Å²) in [4.78, 5) is 20.6. The molecule has 4 aromatic rings. The average molecular weight is 511 g/mol. The molecule has 0 spiro atoms. The quantitative estimate of drug-likeness (QED) is 0.345. The highest BCUT2D eigenvalue weighted by molar-refractivity contribution is 5.96. The van der Waals surface area contributed by atoms with Gasteiger partial charge in [0.2, 0.25) is 0 Å². The van der Waals surface area contributed by atoms with Crippen LogP contribution in [0.25, 0.3) is 33.6 Å². The van der Waals surface area contributed by atoms with Gasteiger partial charge in [-0.25, -0.2) is 0 Å². The number of rotatable bonds is 6. The first-order chi connectivity index (χ1) is 18.4. The number of hydrogen-bond donors (Lipinski definition) is 0. The van der Waals surface area contributed by atoms with Crippen molar-refractivity contribution in [1.29, 1.82) is 5.26 Å². The van der Waals surface area contributed by atoms with Crippen molar-refractivity contribution < 1.29 is 18.7 Å². The molecule has 8 heteroatoms. The SMILES string of the molecule is COc1cc(C(=O)N(C)C)ccc1-c1cc2nccc(-c3ccc(N(C)C4CCOCC4)c(C#N)c3)c2o1. The van der Waals surface area contributed by atoms with E-state index in [9.17, 15) is 10.1 Å². The first-order valence-corrected chi connectivity index (χ1v) is 12.5. The second-order valence-electron chi connectivity index (χ2n) is 9.60. The smallest absolute Gasteiger partial charge is 0.253 e. The number of furan rings is 1. The third kappa shape index (κ3) is 4.69. The monoisotopic (exact) mass is 510 g/mol. The first kappa shape index (κ1) is 25.3. The van der Waals surface area contributed by atoms with E-state index in [1.165, 1.54) is 4.90 Å². The number of methoxy groups -OCH3 is 1. The summed E-state index contributed by atoms with van der Waals surface area (Å²) in [5, 5.41) is 9.98. The van der Waals surface area contributed by atoms with Gasteiger partial charge in [-0.2, -0.15) is 5.26 Å². The van der Waals surface area contributed by atoms with E-state index in [2.05, 4.69) is 16.0 Å². The maximum atomic E-state index is 12.4. The zero-order valence-corrected chi connectivity index (χ0v) is 22.0. The first-order valence-electron chi connectivity index (χ1n) is 12.5. The summed E-state index contributed by atoms with van der Waals surface area (Å²) in [6.07, 6.45) is 3.62. The molecule has 3 heterocycles. The fraction of sp³-hybridized carbons (Fsp3) is 0.300. The van der Waals surface area contributed by atoms with Crippen molar-refractivity contribution in [2.75, 3.05) is 46.4 Å². The van der Waals surface area contributed by atoms with Crippen LogP contribution in [0.15, 0.2) is 59.1 Å². The van der Waals surface area contributed by atoms with Gasteiger partial charge in [-0.1, -0.05) is 6.07 Å². The van der Waals surface area contributed by atoms with Crippen molar-refractivity contribution in [2.45, 2.75) is 18.9 Å². The molecule has 1 fully saturated rings. The Balaban J connectivity index is 1.53. The van der Waals surface area contributed by atoms with E-state index in [1.807, 2.05) is 43.4 Å². The lowest BCUT2D eigenvalue weighted by Gasteiger charge is -2.33. The van der Waals surface area contributed by atoms with Crippen molar-refractivity contribution in [3.63, 3.8) is 0 Å². The zero-order chi connectivity index (χ0) is 26.8. The normalized spacial score (nSPS) is 13.8. The van der Waals surface area contributed by atoms with Gasteiger partial charge in [0, 0.05) is 63.8 Å². The number of carbonyl (C=O) groups is 1. The van der Waals surface area contributed by atoms with Gasteiger partial charge in [-0.3, -0.25) is 9.78 Å². The Labute approximate surface area is 222 Å². The summed E-state index contributed by atoms with van der Waals surface area (Å²) >= 11 is 0. The van der Waals surface area contributed by atoms with E-state index in [1.54, 1.807) is 39.5 Å². The van der Waals surface area contributed by atoms with Crippen LogP contribution in [0.4, 0.5) is 5.69 Å². The lowest BCUT2D eigenvalue weighted by Crippen LogP contribution is -2.37. The van der Waals surface area contributed by atoms with Gasteiger partial charge in [-0.05, 0) is 54.8 Å². The Hall–Kier alpha value is -4.35. The second-order valence-corrected chi connectivity index (χ2v) is 9.60. The number of amides is 1. The topological polar surface area (TPSA) is 91.8 Å². The fourth-order valence-electron chi connectivity index (χ4n) is 4.95. The Morgan fingerprint density at radius 1 is 1.05 bits per heavy atom. The molecule has 194 valence electrons. The van der Waals surface area contributed by atoms with Crippen LogP contribution in [-0.4, -0.2) is 63.3 Å². The summed E-state index contributed by atoms with van der Waals surface area (Å²) < 4.78 is 17.4. The second kappa shape index (κ2) is 10.6. The van der Waals surface area contributed by atoms with E-state index in [4.69, 9.17) is 13.9 Å². The molecule has 0 atom stereocenters. The number of aromatic nitrogens is 1. The van der Waals surface area contributed by atoms with Crippen molar-refractivity contribution >= 4 is 22.7 Å². The van der Waals surface area contributed by atoms with Gasteiger partial charge < -0.3 is 23.7 Å². The highest BCUT2D eigenvalue weighted by Crippen LogP contribution is 2.38. The van der Waals surface area contributed by atoms with Crippen molar-refractivity contribution in [3.8, 4) is 34.3 Å². The van der Waals surface area contributed by atoms with Crippen LogP contribution in [0, 0.1) is 11.3 Å². The van der Waals surface area contributed by atoms with E-state index >= 15 is 0 Å². The highest BCUT2D eigenvalue weighted by atomic mass is 16.5. The molecular formula is C30H30N4O4. The molecule has 2 aromatic carbocycles. The molecule has 8 nitrogen and oxygen atoms in total. The van der Waals surface area contributed by atoms with Crippen LogP contribution in [0.2, 0.25) is 0 Å². The molecule has 1 aliphatic rings. The number of hydrogen-bond acceptors (Lipinski definition) is 7. The third-order valence-corrected chi connectivity index (χ3v) is 7.08. The summed E-state index contributed by atoms with van der Waals surface area (Å²) in [6.45, 7) is 1.48. The maximum absolute atomic E-state index is 12.4. The maximum Gasteiger partial charge on any atom is 0.253 e. The van der Waals surface area contributed by atoms with E-state index in [0.29, 0.717) is 39.8 Å². The van der Waals surface area contributed by atoms with Gasteiger partial charge >= 0.3 is 0 Å². The number of ether oxygens (including phenoxy) is 2. The minimum Gasteiger partial charge on any atom is -0.496 e. The average Bonchev–Trinajstić information content (AvgIpc) is 3.40. The largest absolute Gasteiger partial charge is 0.496 e. The number of nitrogens with zero attached hydrogens (tertiary/aromatic N) is 4. The van der Waals surface area contributed by atoms with E-state index < -0.39 is 0 Å². The molecule has 0 N–H and O–H groups in total. The number of carbonyl (C=O) groups excluding carboxylic acids is 1. The summed E-state index contributed by atoms with van der Waals surface area (Å²) in [5.41, 5.74) is 5.79. The Morgan fingerprint density at radius 2 is 1.84 bits per heavy atom. The molecule has 1 aliphatic heterocycles. The van der Waals surface area contributed by atoms with E-state index in [-0.39, 0.29) is 5.91 Å². The predicted molar refractivity (Wildman–Crippen MR) is 146 cm³/mol. The highest BCUT2D eigenvalue weighted by Gasteiger charge is 2.22. The van der Waals surface area contributed by atoms with Crippen LogP contribution in [0.1, 0.15) is 28.8 Å². The van der Waals surface area contributed by atoms with Crippen molar-refractivity contribution in [2.24, 2.45) is 0 Å². The Kier molecular flexibility index (Phi) is 7.03. The fourth-order valence-corrected chi connectivity index (χ4v) is 4.95. The lowest BCUT2D eigenvalue weighted by molar-refractivity contribution is 0.0827. The number of benzene rings is 2. The molecule has 5 rings (SSSR count). The minimum absolute atomic E-state index is 0.109. The summed E-state index contributed by atoms with van der Waals surface area (Å²) in [7, 11) is 7.03. The number of nitriles is 1. The van der Waals surface area contributed by atoms with Gasteiger partial charge in [-0.15, -0.1) is 0 Å². The van der Waals surface area contributed by atoms with Crippen LogP contribution in [-0.2, 0) is 4.74 Å². The molecular weight excluding hydrogens is 480 g/mol. The summed E-state index contributed by atoms with van der Waals surface area (Å²) in [6, 6.07) is 17.7.